The Morgan fingerprint density at radius 2 is 2.12 bits per heavy atom. The fourth-order valence-corrected chi connectivity index (χ4v) is 4.17. The van der Waals surface area contributed by atoms with Crippen molar-refractivity contribution in [2.45, 2.75) is 24.9 Å². The van der Waals surface area contributed by atoms with Gasteiger partial charge in [0.25, 0.3) is 6.10 Å². The van der Waals surface area contributed by atoms with Crippen molar-refractivity contribution in [2.75, 3.05) is 5.32 Å². The summed E-state index contributed by atoms with van der Waals surface area (Å²) in [5, 5.41) is 3.77. The lowest BCUT2D eigenvalue weighted by molar-refractivity contribution is 0.129. The van der Waals surface area contributed by atoms with Crippen molar-refractivity contribution in [1.82, 2.24) is 0 Å². The normalized spacial score (nSPS) is 21.0. The largest absolute Gasteiger partial charge is 0.466 e. The molecule has 0 aromatic heterocycles. The molecular weight excluding hydrogens is 380 g/mol. The van der Waals surface area contributed by atoms with E-state index in [0.717, 1.165) is 29.7 Å². The Balaban J connectivity index is 1.85. The second-order valence-corrected chi connectivity index (χ2v) is 7.70. The van der Waals surface area contributed by atoms with E-state index in [0.29, 0.717) is 22.4 Å². The highest BCUT2D eigenvalue weighted by Gasteiger charge is 2.38. The van der Waals surface area contributed by atoms with Crippen molar-refractivity contribution in [1.29, 1.82) is 0 Å². The van der Waals surface area contributed by atoms with Gasteiger partial charge in [0.15, 0.2) is 20.3 Å². The zero-order valence-corrected chi connectivity index (χ0v) is 15.7. The first-order valence-corrected chi connectivity index (χ1v) is 9.86. The SMILES string of the molecule is FC1Oc2c(cccc2C(c2cc(Cl)ccc2NC=S)C2CC2)OP1. The predicted molar refractivity (Wildman–Crippen MR) is 104 cm³/mol. The lowest BCUT2D eigenvalue weighted by Gasteiger charge is -2.28. The fourth-order valence-electron chi connectivity index (χ4n) is 3.31. The van der Waals surface area contributed by atoms with Gasteiger partial charge in [0.05, 0.1) is 5.49 Å². The molecule has 0 amide bonds. The molecule has 1 saturated carbocycles. The van der Waals surface area contributed by atoms with Crippen molar-refractivity contribution in [2.24, 2.45) is 5.92 Å². The number of hydrogen-bond donors (Lipinski definition) is 1. The highest BCUT2D eigenvalue weighted by Crippen LogP contribution is 2.54. The summed E-state index contributed by atoms with van der Waals surface area (Å²) >= 11 is 11.2. The minimum Gasteiger partial charge on any atom is -0.466 e. The molecule has 1 aliphatic carbocycles. The molecule has 0 saturated heterocycles. The topological polar surface area (TPSA) is 30.5 Å². The molecule has 3 atom stereocenters. The van der Waals surface area contributed by atoms with Crippen LogP contribution in [0.3, 0.4) is 0 Å². The van der Waals surface area contributed by atoms with Gasteiger partial charge in [0.2, 0.25) is 0 Å². The third-order valence-electron chi connectivity index (χ3n) is 4.48. The number of para-hydroxylation sites is 1. The summed E-state index contributed by atoms with van der Waals surface area (Å²) in [6.07, 6.45) is 0.797. The second-order valence-electron chi connectivity index (χ2n) is 6.14. The number of nitrogens with one attached hydrogen (secondary N) is 1. The number of thiocarbonyl (C=S) groups is 1. The Morgan fingerprint density at radius 3 is 2.88 bits per heavy atom. The van der Waals surface area contributed by atoms with Gasteiger partial charge in [-0.25, -0.2) is 0 Å². The average Bonchev–Trinajstić information content (AvgIpc) is 3.43. The van der Waals surface area contributed by atoms with Crippen molar-refractivity contribution in [3.05, 3.63) is 52.5 Å². The molecule has 1 N–H and O–H groups in total. The van der Waals surface area contributed by atoms with E-state index in [1.807, 2.05) is 36.4 Å². The zero-order chi connectivity index (χ0) is 17.4. The van der Waals surface area contributed by atoms with Crippen molar-refractivity contribution >= 4 is 43.8 Å². The number of ether oxygens (including phenoxy) is 1. The summed E-state index contributed by atoms with van der Waals surface area (Å²) in [6, 6.07) is 11.4. The number of fused-ring (bicyclic) bond motifs is 1. The smallest absolute Gasteiger partial charge is 0.288 e. The first kappa shape index (κ1) is 17.0. The molecule has 25 heavy (non-hydrogen) atoms. The van der Waals surface area contributed by atoms with Crippen molar-refractivity contribution in [3.8, 4) is 11.5 Å². The molecule has 3 unspecified atom stereocenters. The van der Waals surface area contributed by atoms with Gasteiger partial charge in [-0.15, -0.1) is 0 Å². The molecule has 0 bridgehead atoms. The summed E-state index contributed by atoms with van der Waals surface area (Å²) < 4.78 is 24.8. The van der Waals surface area contributed by atoms with E-state index in [4.69, 9.17) is 33.1 Å². The molecule has 1 fully saturated rings. The first-order chi connectivity index (χ1) is 12.2. The van der Waals surface area contributed by atoms with Crippen LogP contribution in [0.5, 0.6) is 11.5 Å². The zero-order valence-electron chi connectivity index (χ0n) is 13.2. The van der Waals surface area contributed by atoms with Crippen LogP contribution in [0.2, 0.25) is 5.02 Å². The molecule has 0 spiro atoms. The molecule has 2 aromatic carbocycles. The molecule has 0 radical (unpaired) electrons. The summed E-state index contributed by atoms with van der Waals surface area (Å²) in [5.41, 5.74) is 4.36. The van der Waals surface area contributed by atoms with E-state index < -0.39 is 6.10 Å². The quantitative estimate of drug-likeness (QED) is 0.506. The van der Waals surface area contributed by atoms with E-state index in [-0.39, 0.29) is 14.7 Å². The van der Waals surface area contributed by atoms with Crippen LogP contribution in [0.15, 0.2) is 36.4 Å². The van der Waals surface area contributed by atoms with Gasteiger partial charge < -0.3 is 14.6 Å². The predicted octanol–water partition coefficient (Wildman–Crippen LogP) is 5.87. The maximum atomic E-state index is 13.8. The Labute approximate surface area is 157 Å². The highest BCUT2D eigenvalue weighted by atomic mass is 35.5. The minimum atomic E-state index is -1.42. The van der Waals surface area contributed by atoms with Crippen LogP contribution in [0.25, 0.3) is 0 Å². The number of hydrogen-bond acceptors (Lipinski definition) is 3. The lowest BCUT2D eigenvalue weighted by Crippen LogP contribution is -2.15. The maximum absolute atomic E-state index is 13.8. The molecule has 130 valence electrons. The minimum absolute atomic E-state index is 0.0448. The van der Waals surface area contributed by atoms with E-state index >= 15 is 0 Å². The standard InChI is InChI=1S/C18H16ClFNO2PS/c19-11-6-7-14(21-9-25)13(8-11)16(10-4-5-10)12-2-1-3-15-17(12)22-18(20)24-23-15/h1-3,6-10,16,18,24H,4-5H2,(H,21,25). The molecule has 2 aliphatic rings. The van der Waals surface area contributed by atoms with Gasteiger partial charge in [-0.2, -0.15) is 4.39 Å². The summed E-state index contributed by atoms with van der Waals surface area (Å²) in [4.78, 5) is 0. The number of benzene rings is 2. The molecule has 3 nitrogen and oxygen atoms in total. The Kier molecular flexibility index (Phi) is 4.81. The van der Waals surface area contributed by atoms with Gasteiger partial charge in [0.1, 0.15) is 0 Å². The summed E-state index contributed by atoms with van der Waals surface area (Å²) in [7, 11) is -0.336. The van der Waals surface area contributed by atoms with Gasteiger partial charge in [-0.1, -0.05) is 36.0 Å². The third-order valence-corrected chi connectivity index (χ3v) is 5.48. The number of halogens is 2. The lowest BCUT2D eigenvalue weighted by atomic mass is 9.85. The van der Waals surface area contributed by atoms with Gasteiger partial charge >= 0.3 is 0 Å². The maximum Gasteiger partial charge on any atom is 0.288 e. The van der Waals surface area contributed by atoms with E-state index in [1.165, 1.54) is 5.49 Å². The van der Waals surface area contributed by atoms with Crippen LogP contribution >= 0.6 is 32.6 Å². The van der Waals surface area contributed by atoms with Crippen LogP contribution in [0.4, 0.5) is 10.1 Å². The van der Waals surface area contributed by atoms with Gasteiger partial charge in [0, 0.05) is 22.2 Å². The summed E-state index contributed by atoms with van der Waals surface area (Å²) in [6.45, 7) is 0. The van der Waals surface area contributed by atoms with Crippen LogP contribution in [0.1, 0.15) is 29.9 Å². The molecule has 1 heterocycles. The number of rotatable bonds is 5. The number of alkyl halides is 1. The Bertz CT molecular complexity index is 818. The monoisotopic (exact) mass is 395 g/mol. The van der Waals surface area contributed by atoms with Gasteiger partial charge in [-0.05, 0) is 48.6 Å². The molecule has 7 heteroatoms. The van der Waals surface area contributed by atoms with Crippen LogP contribution < -0.4 is 14.6 Å². The Morgan fingerprint density at radius 1 is 1.28 bits per heavy atom. The van der Waals surface area contributed by atoms with Crippen molar-refractivity contribution < 1.29 is 13.7 Å². The molecule has 1 aliphatic heterocycles. The van der Waals surface area contributed by atoms with E-state index in [1.54, 1.807) is 0 Å². The van der Waals surface area contributed by atoms with Gasteiger partial charge in [-0.3, -0.25) is 0 Å². The molecular formula is C18H16ClFNO2PS. The third kappa shape index (κ3) is 3.46. The van der Waals surface area contributed by atoms with Crippen LogP contribution in [-0.4, -0.2) is 11.6 Å². The van der Waals surface area contributed by atoms with Crippen molar-refractivity contribution in [3.63, 3.8) is 0 Å². The molecule has 4 rings (SSSR count). The molecule has 2 aromatic rings. The number of anilines is 1. The average molecular weight is 396 g/mol. The Hall–Kier alpha value is -1.42. The van der Waals surface area contributed by atoms with E-state index in [9.17, 15) is 4.39 Å². The first-order valence-electron chi connectivity index (χ1n) is 8.03. The van der Waals surface area contributed by atoms with Crippen LogP contribution in [-0.2, 0) is 0 Å². The van der Waals surface area contributed by atoms with Crippen LogP contribution in [0, 0.1) is 5.92 Å². The summed E-state index contributed by atoms with van der Waals surface area (Å²) in [5.74, 6) is 1.60. The highest BCUT2D eigenvalue weighted by molar-refractivity contribution is 7.79. The fraction of sp³-hybridized carbons (Fsp3) is 0.278. The second kappa shape index (κ2) is 7.06. The van der Waals surface area contributed by atoms with E-state index in [2.05, 4.69) is 5.32 Å².